The number of hydrogen-bond donors (Lipinski definition) is 2. The van der Waals surface area contributed by atoms with Crippen LogP contribution in [0, 0.1) is 0 Å². The van der Waals surface area contributed by atoms with E-state index in [1.807, 2.05) is 6.92 Å². The van der Waals surface area contributed by atoms with Crippen LogP contribution < -0.4 is 19.9 Å². The van der Waals surface area contributed by atoms with Crippen LogP contribution in [0.2, 0.25) is 5.02 Å². The van der Waals surface area contributed by atoms with E-state index in [9.17, 15) is 13.2 Å². The first-order valence-electron chi connectivity index (χ1n) is 8.66. The zero-order valence-electron chi connectivity index (χ0n) is 15.7. The molecule has 0 heterocycles. The van der Waals surface area contributed by atoms with Crippen molar-refractivity contribution >= 4 is 27.5 Å². The number of hydrogen-bond acceptors (Lipinski definition) is 5. The molecule has 0 fully saturated rings. The van der Waals surface area contributed by atoms with Crippen LogP contribution in [-0.2, 0) is 16.4 Å². The maximum Gasteiger partial charge on any atom is 0.255 e. The standard InChI is InChI=1S/C19H23ClN2O5S/c1-3-10-27-17-6-4-13(11-18(17)28(21,24)25)8-9-22-19(23)15-12-14(20)5-7-16(15)26-2/h4-7,11-12H,3,8-10H2,1-2H3,(H,22,23)(H2,21,24,25). The Bertz CT molecular complexity index is 947. The molecule has 28 heavy (non-hydrogen) atoms. The number of benzene rings is 2. The molecule has 0 saturated carbocycles. The predicted octanol–water partition coefficient (Wildman–Crippen LogP) is 2.76. The molecule has 0 bridgehead atoms. The highest BCUT2D eigenvalue weighted by Gasteiger charge is 2.17. The van der Waals surface area contributed by atoms with Crippen LogP contribution in [0.25, 0.3) is 0 Å². The SMILES string of the molecule is CCCOc1ccc(CCNC(=O)c2cc(Cl)ccc2OC)cc1S(N)(=O)=O. The molecule has 0 aliphatic rings. The van der Waals surface area contributed by atoms with Crippen LogP contribution in [0.15, 0.2) is 41.3 Å². The van der Waals surface area contributed by atoms with Crippen molar-refractivity contribution in [2.75, 3.05) is 20.3 Å². The molecule has 9 heteroatoms. The van der Waals surface area contributed by atoms with Gasteiger partial charge in [-0.15, -0.1) is 0 Å². The number of amides is 1. The van der Waals surface area contributed by atoms with Crippen LogP contribution in [0.1, 0.15) is 29.3 Å². The third-order valence-electron chi connectivity index (χ3n) is 3.88. The second kappa shape index (κ2) is 9.77. The fraction of sp³-hybridized carbons (Fsp3) is 0.316. The van der Waals surface area contributed by atoms with Gasteiger partial charge in [-0.05, 0) is 48.7 Å². The molecule has 7 nitrogen and oxygen atoms in total. The summed E-state index contributed by atoms with van der Waals surface area (Å²) in [6.07, 6.45) is 1.15. The number of primary sulfonamides is 1. The van der Waals surface area contributed by atoms with Gasteiger partial charge in [0, 0.05) is 11.6 Å². The van der Waals surface area contributed by atoms with E-state index < -0.39 is 10.0 Å². The molecule has 0 aliphatic carbocycles. The number of nitrogens with two attached hydrogens (primary N) is 1. The molecule has 0 radical (unpaired) electrons. The van der Waals surface area contributed by atoms with Gasteiger partial charge in [0.05, 0.1) is 19.3 Å². The number of sulfonamides is 1. The lowest BCUT2D eigenvalue weighted by atomic mass is 10.1. The Morgan fingerprint density at radius 1 is 1.18 bits per heavy atom. The first-order valence-corrected chi connectivity index (χ1v) is 10.6. The molecule has 0 unspecified atom stereocenters. The molecule has 2 aromatic rings. The Labute approximate surface area is 169 Å². The van der Waals surface area contributed by atoms with Crippen molar-refractivity contribution in [3.63, 3.8) is 0 Å². The molecule has 1 amide bonds. The molecule has 2 aromatic carbocycles. The van der Waals surface area contributed by atoms with Crippen molar-refractivity contribution in [3.05, 3.63) is 52.5 Å². The summed E-state index contributed by atoms with van der Waals surface area (Å²) < 4.78 is 34.3. The Balaban J connectivity index is 2.09. The third kappa shape index (κ3) is 5.85. The largest absolute Gasteiger partial charge is 0.496 e. The Morgan fingerprint density at radius 2 is 1.89 bits per heavy atom. The van der Waals surface area contributed by atoms with Gasteiger partial charge in [0.1, 0.15) is 16.4 Å². The molecule has 0 saturated heterocycles. The number of nitrogens with one attached hydrogen (secondary N) is 1. The topological polar surface area (TPSA) is 108 Å². The molecule has 3 N–H and O–H groups in total. The van der Waals surface area contributed by atoms with E-state index in [1.54, 1.807) is 24.3 Å². The molecule has 0 spiro atoms. The van der Waals surface area contributed by atoms with E-state index in [-0.39, 0.29) is 23.1 Å². The summed E-state index contributed by atoms with van der Waals surface area (Å²) >= 11 is 5.94. The van der Waals surface area contributed by atoms with Crippen molar-refractivity contribution < 1.29 is 22.7 Å². The number of carbonyl (C=O) groups is 1. The van der Waals surface area contributed by atoms with Gasteiger partial charge in [0.2, 0.25) is 10.0 Å². The number of carbonyl (C=O) groups excluding carboxylic acids is 1. The minimum atomic E-state index is -3.93. The van der Waals surface area contributed by atoms with E-state index in [4.69, 9.17) is 26.2 Å². The van der Waals surface area contributed by atoms with E-state index in [2.05, 4.69) is 5.32 Å². The van der Waals surface area contributed by atoms with E-state index in [0.29, 0.717) is 34.9 Å². The van der Waals surface area contributed by atoms with Crippen LogP contribution in [0.3, 0.4) is 0 Å². The Morgan fingerprint density at radius 3 is 2.54 bits per heavy atom. The number of halogens is 1. The van der Waals surface area contributed by atoms with Crippen molar-refractivity contribution in [2.45, 2.75) is 24.7 Å². The molecule has 2 rings (SSSR count). The van der Waals surface area contributed by atoms with E-state index in [0.717, 1.165) is 6.42 Å². The summed E-state index contributed by atoms with van der Waals surface area (Å²) in [6, 6.07) is 9.55. The zero-order chi connectivity index (χ0) is 20.7. The van der Waals surface area contributed by atoms with Crippen molar-refractivity contribution in [3.8, 4) is 11.5 Å². The summed E-state index contributed by atoms with van der Waals surface area (Å²) in [5, 5.41) is 8.48. The molecule has 0 aromatic heterocycles. The minimum Gasteiger partial charge on any atom is -0.496 e. The summed E-state index contributed by atoms with van der Waals surface area (Å²) in [7, 11) is -2.46. The second-order valence-corrected chi connectivity index (χ2v) is 7.99. The average molecular weight is 427 g/mol. The lowest BCUT2D eigenvalue weighted by Crippen LogP contribution is -2.26. The monoisotopic (exact) mass is 426 g/mol. The summed E-state index contributed by atoms with van der Waals surface area (Å²) in [4.78, 5) is 12.3. The van der Waals surface area contributed by atoms with E-state index >= 15 is 0 Å². The Hall–Kier alpha value is -2.29. The maximum atomic E-state index is 12.4. The molecular weight excluding hydrogens is 404 g/mol. The Kier molecular flexibility index (Phi) is 7.68. The minimum absolute atomic E-state index is 0.0683. The van der Waals surface area contributed by atoms with Gasteiger partial charge in [0.25, 0.3) is 5.91 Å². The summed E-state index contributed by atoms with van der Waals surface area (Å²) in [5.41, 5.74) is 1.02. The molecule has 0 atom stereocenters. The normalized spacial score (nSPS) is 11.1. The fourth-order valence-corrected chi connectivity index (χ4v) is 3.43. The molecule has 152 valence electrons. The summed E-state index contributed by atoms with van der Waals surface area (Å²) in [5.74, 6) is 0.297. The van der Waals surface area contributed by atoms with Crippen LogP contribution in [0.4, 0.5) is 0 Å². The number of rotatable bonds is 9. The number of ether oxygens (including phenoxy) is 2. The van der Waals surface area contributed by atoms with Crippen molar-refractivity contribution in [1.82, 2.24) is 5.32 Å². The maximum absolute atomic E-state index is 12.4. The van der Waals surface area contributed by atoms with Gasteiger partial charge < -0.3 is 14.8 Å². The molecule has 0 aliphatic heterocycles. The van der Waals surface area contributed by atoms with Gasteiger partial charge >= 0.3 is 0 Å². The summed E-state index contributed by atoms with van der Waals surface area (Å²) in [6.45, 7) is 2.59. The average Bonchev–Trinajstić information content (AvgIpc) is 2.66. The van der Waals surface area contributed by atoms with Crippen molar-refractivity contribution in [2.24, 2.45) is 5.14 Å². The second-order valence-electron chi connectivity index (χ2n) is 6.03. The highest BCUT2D eigenvalue weighted by atomic mass is 35.5. The fourth-order valence-electron chi connectivity index (χ4n) is 2.53. The van der Waals surface area contributed by atoms with Gasteiger partial charge in [0.15, 0.2) is 0 Å². The first-order chi connectivity index (χ1) is 13.3. The number of methoxy groups -OCH3 is 1. The van der Waals surface area contributed by atoms with E-state index in [1.165, 1.54) is 19.2 Å². The van der Waals surface area contributed by atoms with Crippen LogP contribution in [-0.4, -0.2) is 34.6 Å². The first kappa shape index (κ1) is 22.0. The van der Waals surface area contributed by atoms with Gasteiger partial charge in [-0.25, -0.2) is 13.6 Å². The lowest BCUT2D eigenvalue weighted by molar-refractivity contribution is 0.0951. The van der Waals surface area contributed by atoms with Crippen molar-refractivity contribution in [1.29, 1.82) is 0 Å². The van der Waals surface area contributed by atoms with Crippen LogP contribution in [0.5, 0.6) is 11.5 Å². The van der Waals surface area contributed by atoms with Gasteiger partial charge in [-0.2, -0.15) is 0 Å². The third-order valence-corrected chi connectivity index (χ3v) is 5.05. The smallest absolute Gasteiger partial charge is 0.255 e. The highest BCUT2D eigenvalue weighted by molar-refractivity contribution is 7.89. The van der Waals surface area contributed by atoms with Crippen LogP contribution >= 0.6 is 11.6 Å². The quantitative estimate of drug-likeness (QED) is 0.641. The molecular formula is C19H23ClN2O5S. The zero-order valence-corrected chi connectivity index (χ0v) is 17.3. The lowest BCUT2D eigenvalue weighted by Gasteiger charge is -2.12. The van der Waals surface area contributed by atoms with Gasteiger partial charge in [-0.3, -0.25) is 4.79 Å². The highest BCUT2D eigenvalue weighted by Crippen LogP contribution is 2.25. The predicted molar refractivity (Wildman–Crippen MR) is 108 cm³/mol. The van der Waals surface area contributed by atoms with Gasteiger partial charge in [-0.1, -0.05) is 24.6 Å².